The standard InChI is InChI=1S/C19H23N3O/c1-22-12-14(11-21-22)16-10-17(16)18(23)20-13-19(8-5-9-19)15-6-3-2-4-7-15/h2-4,6-7,11-12,16-17H,5,8-10,13H2,1H3,(H,20,23)/t16-,17+/m1/s1. The van der Waals surface area contributed by atoms with Gasteiger partial charge in [0.2, 0.25) is 5.91 Å². The van der Waals surface area contributed by atoms with E-state index < -0.39 is 0 Å². The average Bonchev–Trinajstić information content (AvgIpc) is 3.22. The first-order valence-electron chi connectivity index (χ1n) is 8.50. The molecule has 1 N–H and O–H groups in total. The number of aryl methyl sites for hydroxylation is 1. The second-order valence-corrected chi connectivity index (χ2v) is 7.11. The lowest BCUT2D eigenvalue weighted by atomic mass is 9.64. The molecule has 2 saturated carbocycles. The highest BCUT2D eigenvalue weighted by Crippen LogP contribution is 2.48. The van der Waals surface area contributed by atoms with Crippen LogP contribution in [-0.4, -0.2) is 22.2 Å². The van der Waals surface area contributed by atoms with Crippen LogP contribution in [0.5, 0.6) is 0 Å². The van der Waals surface area contributed by atoms with E-state index in [0.717, 1.165) is 13.0 Å². The van der Waals surface area contributed by atoms with Crippen molar-refractivity contribution in [3.05, 3.63) is 53.9 Å². The smallest absolute Gasteiger partial charge is 0.223 e. The zero-order valence-corrected chi connectivity index (χ0v) is 13.5. The molecule has 2 fully saturated rings. The van der Waals surface area contributed by atoms with Gasteiger partial charge >= 0.3 is 0 Å². The van der Waals surface area contributed by atoms with Crippen LogP contribution < -0.4 is 5.32 Å². The third kappa shape index (κ3) is 2.67. The summed E-state index contributed by atoms with van der Waals surface area (Å²) in [7, 11) is 1.92. The SMILES string of the molecule is Cn1cc([C@H]2C[C@@H]2C(=O)NCC2(c3ccccc3)CCC2)cn1. The molecule has 0 radical (unpaired) electrons. The molecule has 1 amide bonds. The largest absolute Gasteiger partial charge is 0.355 e. The number of nitrogens with zero attached hydrogens (tertiary/aromatic N) is 2. The average molecular weight is 309 g/mol. The molecule has 1 aromatic carbocycles. The molecule has 1 heterocycles. The number of rotatable bonds is 5. The number of amides is 1. The van der Waals surface area contributed by atoms with E-state index in [9.17, 15) is 4.79 Å². The Morgan fingerprint density at radius 1 is 1.35 bits per heavy atom. The monoisotopic (exact) mass is 309 g/mol. The maximum atomic E-state index is 12.5. The van der Waals surface area contributed by atoms with Crippen LogP contribution in [-0.2, 0) is 17.3 Å². The van der Waals surface area contributed by atoms with Gasteiger partial charge < -0.3 is 5.32 Å². The van der Waals surface area contributed by atoms with Crippen LogP contribution >= 0.6 is 0 Å². The van der Waals surface area contributed by atoms with Crippen molar-refractivity contribution in [3.8, 4) is 0 Å². The van der Waals surface area contributed by atoms with Crippen molar-refractivity contribution in [3.63, 3.8) is 0 Å². The fraction of sp³-hybridized carbons (Fsp3) is 0.474. The Kier molecular flexibility index (Phi) is 3.47. The molecule has 120 valence electrons. The second kappa shape index (κ2) is 5.52. The normalized spacial score (nSPS) is 24.7. The zero-order valence-electron chi connectivity index (χ0n) is 13.5. The maximum absolute atomic E-state index is 12.5. The molecule has 2 aliphatic rings. The quantitative estimate of drug-likeness (QED) is 0.923. The maximum Gasteiger partial charge on any atom is 0.223 e. The predicted molar refractivity (Wildman–Crippen MR) is 89.0 cm³/mol. The molecule has 23 heavy (non-hydrogen) atoms. The van der Waals surface area contributed by atoms with E-state index in [1.54, 1.807) is 4.68 Å². The van der Waals surface area contributed by atoms with Gasteiger partial charge in [0, 0.05) is 31.1 Å². The summed E-state index contributed by atoms with van der Waals surface area (Å²) in [6.07, 6.45) is 8.47. The highest BCUT2D eigenvalue weighted by molar-refractivity contribution is 5.83. The van der Waals surface area contributed by atoms with Gasteiger partial charge in [-0.05, 0) is 36.3 Å². The van der Waals surface area contributed by atoms with Crippen LogP contribution in [0.15, 0.2) is 42.7 Å². The lowest BCUT2D eigenvalue weighted by molar-refractivity contribution is -0.122. The molecule has 4 nitrogen and oxygen atoms in total. The second-order valence-electron chi connectivity index (χ2n) is 7.11. The minimum Gasteiger partial charge on any atom is -0.355 e. The lowest BCUT2D eigenvalue weighted by Crippen LogP contribution is -2.46. The molecule has 2 aliphatic carbocycles. The lowest BCUT2D eigenvalue weighted by Gasteiger charge is -2.42. The van der Waals surface area contributed by atoms with E-state index in [1.165, 1.54) is 30.4 Å². The van der Waals surface area contributed by atoms with Gasteiger partial charge in [-0.2, -0.15) is 5.10 Å². The molecule has 0 aliphatic heterocycles. The van der Waals surface area contributed by atoms with Crippen molar-refractivity contribution in [2.45, 2.75) is 37.0 Å². The summed E-state index contributed by atoms with van der Waals surface area (Å²) < 4.78 is 1.81. The van der Waals surface area contributed by atoms with Crippen molar-refractivity contribution in [2.75, 3.05) is 6.54 Å². The molecule has 0 saturated heterocycles. The third-order valence-corrected chi connectivity index (χ3v) is 5.58. The molecule has 2 aromatic rings. The number of carbonyl (C=O) groups is 1. The highest BCUT2D eigenvalue weighted by Gasteiger charge is 2.46. The van der Waals surface area contributed by atoms with E-state index >= 15 is 0 Å². The summed E-state index contributed by atoms with van der Waals surface area (Å²) in [4.78, 5) is 12.5. The Morgan fingerprint density at radius 3 is 2.74 bits per heavy atom. The molecule has 1 aromatic heterocycles. The Bertz CT molecular complexity index is 702. The van der Waals surface area contributed by atoms with Crippen molar-refractivity contribution < 1.29 is 4.79 Å². The molecule has 2 atom stereocenters. The Balaban J connectivity index is 1.37. The number of benzene rings is 1. The van der Waals surface area contributed by atoms with Crippen LogP contribution in [0.25, 0.3) is 0 Å². The fourth-order valence-electron chi connectivity index (χ4n) is 3.83. The number of hydrogen-bond donors (Lipinski definition) is 1. The molecule has 0 bridgehead atoms. The Morgan fingerprint density at radius 2 is 2.13 bits per heavy atom. The van der Waals surface area contributed by atoms with Gasteiger partial charge in [0.25, 0.3) is 0 Å². The summed E-state index contributed by atoms with van der Waals surface area (Å²) >= 11 is 0. The predicted octanol–water partition coefficient (Wildman–Crippen LogP) is 2.76. The van der Waals surface area contributed by atoms with E-state index in [2.05, 4.69) is 40.7 Å². The van der Waals surface area contributed by atoms with Crippen molar-refractivity contribution in [1.29, 1.82) is 0 Å². The van der Waals surface area contributed by atoms with Gasteiger partial charge in [-0.15, -0.1) is 0 Å². The number of carbonyl (C=O) groups excluding carboxylic acids is 1. The van der Waals surface area contributed by atoms with Crippen LogP contribution in [0, 0.1) is 5.92 Å². The topological polar surface area (TPSA) is 46.9 Å². The number of hydrogen-bond acceptors (Lipinski definition) is 2. The van der Waals surface area contributed by atoms with Gasteiger partial charge in [-0.3, -0.25) is 9.48 Å². The van der Waals surface area contributed by atoms with Crippen LogP contribution in [0.2, 0.25) is 0 Å². The summed E-state index contributed by atoms with van der Waals surface area (Å²) in [6.45, 7) is 0.770. The molecular weight excluding hydrogens is 286 g/mol. The fourth-order valence-corrected chi connectivity index (χ4v) is 3.83. The minimum atomic E-state index is 0.132. The van der Waals surface area contributed by atoms with Gasteiger partial charge in [-0.25, -0.2) is 0 Å². The van der Waals surface area contributed by atoms with Crippen molar-refractivity contribution in [1.82, 2.24) is 15.1 Å². The Hall–Kier alpha value is -2.10. The minimum absolute atomic E-state index is 0.132. The van der Waals surface area contributed by atoms with Crippen molar-refractivity contribution in [2.24, 2.45) is 13.0 Å². The summed E-state index contributed by atoms with van der Waals surface area (Å²) in [6, 6.07) is 10.6. The van der Waals surface area contributed by atoms with E-state index in [1.807, 2.05) is 19.4 Å². The summed E-state index contributed by atoms with van der Waals surface area (Å²) in [5, 5.41) is 7.43. The first-order chi connectivity index (χ1) is 11.2. The number of nitrogens with one attached hydrogen (secondary N) is 1. The van der Waals surface area contributed by atoms with Crippen LogP contribution in [0.4, 0.5) is 0 Å². The number of aromatic nitrogens is 2. The van der Waals surface area contributed by atoms with Gasteiger partial charge in [0.1, 0.15) is 0 Å². The first-order valence-corrected chi connectivity index (χ1v) is 8.50. The summed E-state index contributed by atoms with van der Waals surface area (Å²) in [5.41, 5.74) is 2.72. The van der Waals surface area contributed by atoms with E-state index in [0.29, 0.717) is 5.92 Å². The van der Waals surface area contributed by atoms with Gasteiger partial charge in [0.15, 0.2) is 0 Å². The van der Waals surface area contributed by atoms with Crippen LogP contribution in [0.3, 0.4) is 0 Å². The third-order valence-electron chi connectivity index (χ3n) is 5.58. The van der Waals surface area contributed by atoms with E-state index in [4.69, 9.17) is 0 Å². The molecule has 0 spiro atoms. The van der Waals surface area contributed by atoms with Gasteiger partial charge in [-0.1, -0.05) is 36.8 Å². The van der Waals surface area contributed by atoms with Crippen molar-refractivity contribution >= 4 is 5.91 Å². The summed E-state index contributed by atoms with van der Waals surface area (Å²) in [5.74, 6) is 0.700. The zero-order chi connectivity index (χ0) is 15.9. The van der Waals surface area contributed by atoms with Gasteiger partial charge in [0.05, 0.1) is 6.20 Å². The highest BCUT2D eigenvalue weighted by atomic mass is 16.2. The first kappa shape index (κ1) is 14.5. The molecule has 4 rings (SSSR count). The Labute approximate surface area is 136 Å². The molecule has 0 unspecified atom stereocenters. The van der Waals surface area contributed by atoms with E-state index in [-0.39, 0.29) is 17.2 Å². The molecular formula is C19H23N3O. The molecule has 4 heteroatoms. The van der Waals surface area contributed by atoms with Crippen LogP contribution in [0.1, 0.15) is 42.7 Å².